The summed E-state index contributed by atoms with van der Waals surface area (Å²) in [6, 6.07) is 15.4. The maximum atomic E-state index is 13.1. The molecule has 5 nitrogen and oxygen atoms in total. The average Bonchev–Trinajstić information content (AvgIpc) is 3.03. The molecule has 3 aromatic rings. The van der Waals surface area contributed by atoms with Crippen LogP contribution in [0.15, 0.2) is 54.9 Å². The maximum Gasteiger partial charge on any atom is 0.322 e. The van der Waals surface area contributed by atoms with Gasteiger partial charge >= 0.3 is 5.97 Å². The maximum absolute atomic E-state index is 13.1. The minimum Gasteiger partial charge on any atom is -0.426 e. The lowest BCUT2D eigenvalue weighted by Gasteiger charge is -2.35. The van der Waals surface area contributed by atoms with E-state index in [-0.39, 0.29) is 5.97 Å². The molecule has 5 heteroatoms. The smallest absolute Gasteiger partial charge is 0.322 e. The summed E-state index contributed by atoms with van der Waals surface area (Å²) in [7, 11) is 1.94. The molecule has 0 atom stereocenters. The number of benzene rings is 2. The highest BCUT2D eigenvalue weighted by Crippen LogP contribution is 2.36. The molecule has 0 radical (unpaired) electrons. The molecule has 1 aliphatic rings. The van der Waals surface area contributed by atoms with Gasteiger partial charge in [0.15, 0.2) is 0 Å². The lowest BCUT2D eigenvalue weighted by molar-refractivity contribution is -0.144. The van der Waals surface area contributed by atoms with Crippen molar-refractivity contribution in [3.05, 3.63) is 60.4 Å². The number of ether oxygens (including phenoxy) is 2. The molecule has 0 bridgehead atoms. The highest BCUT2D eigenvalue weighted by molar-refractivity contribution is 5.86. The van der Waals surface area contributed by atoms with Crippen molar-refractivity contribution in [3.63, 3.8) is 0 Å². The average molecular weight is 336 g/mol. The van der Waals surface area contributed by atoms with E-state index in [4.69, 9.17) is 9.47 Å². The molecule has 1 fully saturated rings. The Hall–Kier alpha value is -2.66. The summed E-state index contributed by atoms with van der Waals surface area (Å²) in [6.45, 7) is 1.12. The highest BCUT2D eigenvalue weighted by atomic mass is 16.5. The predicted octanol–water partition coefficient (Wildman–Crippen LogP) is 3.23. The summed E-state index contributed by atoms with van der Waals surface area (Å²) in [4.78, 5) is 17.5. The van der Waals surface area contributed by atoms with Crippen molar-refractivity contribution in [1.29, 1.82) is 0 Å². The van der Waals surface area contributed by atoms with Crippen LogP contribution in [0, 0.1) is 0 Å². The molecule has 2 heterocycles. The molecule has 128 valence electrons. The first-order chi connectivity index (χ1) is 12.2. The van der Waals surface area contributed by atoms with Gasteiger partial charge in [-0.3, -0.25) is 4.79 Å². The first kappa shape index (κ1) is 15.8. The van der Waals surface area contributed by atoms with Gasteiger partial charge in [-0.15, -0.1) is 0 Å². The Bertz CT molecular complexity index is 896. The zero-order chi connectivity index (χ0) is 17.3. The Kier molecular flexibility index (Phi) is 4.01. The summed E-state index contributed by atoms with van der Waals surface area (Å²) in [5.74, 6) is 0.301. The van der Waals surface area contributed by atoms with Crippen molar-refractivity contribution in [1.82, 2.24) is 9.55 Å². The fraction of sp³-hybridized carbons (Fsp3) is 0.300. The Balaban J connectivity index is 1.66. The molecule has 4 rings (SSSR count). The van der Waals surface area contributed by atoms with E-state index in [9.17, 15) is 4.79 Å². The molecule has 0 saturated carbocycles. The van der Waals surface area contributed by atoms with E-state index in [0.29, 0.717) is 31.8 Å². The van der Waals surface area contributed by atoms with Crippen LogP contribution in [0.3, 0.4) is 0 Å². The molecule has 0 unspecified atom stereocenters. The van der Waals surface area contributed by atoms with Crippen LogP contribution in [-0.4, -0.2) is 28.7 Å². The lowest BCUT2D eigenvalue weighted by Crippen LogP contribution is -2.44. The molecule has 25 heavy (non-hydrogen) atoms. The molecule has 0 N–H and O–H groups in total. The van der Waals surface area contributed by atoms with Crippen LogP contribution in [0.4, 0.5) is 0 Å². The standard InChI is InChI=1S/C20H20N2O3/c1-22-14-21-17-13-16(7-8-18(17)22)25-19(23)20(9-11-24-12-10-20)15-5-3-2-4-6-15/h2-8,13-14H,9-12H2,1H3. The van der Waals surface area contributed by atoms with Crippen LogP contribution in [0.1, 0.15) is 18.4 Å². The van der Waals surface area contributed by atoms with Crippen molar-refractivity contribution in [2.75, 3.05) is 13.2 Å². The first-order valence-corrected chi connectivity index (χ1v) is 8.46. The summed E-state index contributed by atoms with van der Waals surface area (Å²) in [6.07, 6.45) is 3.00. The van der Waals surface area contributed by atoms with Crippen molar-refractivity contribution in [3.8, 4) is 5.75 Å². The fourth-order valence-electron chi connectivity index (χ4n) is 3.47. The largest absolute Gasteiger partial charge is 0.426 e. The summed E-state index contributed by atoms with van der Waals surface area (Å²) in [5.41, 5.74) is 2.15. The van der Waals surface area contributed by atoms with Gasteiger partial charge in [0.1, 0.15) is 5.75 Å². The molecule has 1 aromatic heterocycles. The normalized spacial score (nSPS) is 16.7. The SMILES string of the molecule is Cn1cnc2cc(OC(=O)C3(c4ccccc4)CCOCC3)ccc21. The summed E-state index contributed by atoms with van der Waals surface area (Å²) < 4.78 is 13.2. The molecule has 1 aliphatic heterocycles. The zero-order valence-electron chi connectivity index (χ0n) is 14.1. The van der Waals surface area contributed by atoms with Crippen LogP contribution >= 0.6 is 0 Å². The van der Waals surface area contributed by atoms with Crippen molar-refractivity contribution in [2.24, 2.45) is 7.05 Å². The molecule has 0 amide bonds. The van der Waals surface area contributed by atoms with Crippen LogP contribution < -0.4 is 4.74 Å². The third-order valence-corrected chi connectivity index (χ3v) is 4.97. The van der Waals surface area contributed by atoms with Gasteiger partial charge in [0.25, 0.3) is 0 Å². The Morgan fingerprint density at radius 2 is 1.92 bits per heavy atom. The molecule has 1 saturated heterocycles. The van der Waals surface area contributed by atoms with Gasteiger partial charge in [-0.1, -0.05) is 30.3 Å². The van der Waals surface area contributed by atoms with Gasteiger partial charge in [0.2, 0.25) is 0 Å². The number of aromatic nitrogens is 2. The number of carbonyl (C=O) groups is 1. The first-order valence-electron chi connectivity index (χ1n) is 8.46. The number of hydrogen-bond acceptors (Lipinski definition) is 4. The fourth-order valence-corrected chi connectivity index (χ4v) is 3.47. The number of nitrogens with zero attached hydrogens (tertiary/aromatic N) is 2. The van der Waals surface area contributed by atoms with Gasteiger partial charge in [0.05, 0.1) is 22.8 Å². The summed E-state index contributed by atoms with van der Waals surface area (Å²) in [5, 5.41) is 0. The number of fused-ring (bicyclic) bond motifs is 1. The van der Waals surface area contributed by atoms with Gasteiger partial charge in [0, 0.05) is 26.3 Å². The second-order valence-corrected chi connectivity index (χ2v) is 6.46. The van der Waals surface area contributed by atoms with Gasteiger partial charge in [-0.05, 0) is 30.5 Å². The minimum atomic E-state index is -0.654. The van der Waals surface area contributed by atoms with Gasteiger partial charge < -0.3 is 14.0 Å². The van der Waals surface area contributed by atoms with E-state index in [0.717, 1.165) is 16.6 Å². The van der Waals surface area contributed by atoms with Crippen molar-refractivity contribution in [2.45, 2.75) is 18.3 Å². The van der Waals surface area contributed by atoms with Gasteiger partial charge in [-0.25, -0.2) is 4.98 Å². The number of carbonyl (C=O) groups excluding carboxylic acids is 1. The van der Waals surface area contributed by atoms with E-state index >= 15 is 0 Å². The van der Waals surface area contributed by atoms with Crippen LogP contribution in [0.2, 0.25) is 0 Å². The van der Waals surface area contributed by atoms with Crippen LogP contribution in [0.5, 0.6) is 5.75 Å². The molecule has 0 aliphatic carbocycles. The van der Waals surface area contributed by atoms with Crippen molar-refractivity contribution < 1.29 is 14.3 Å². The minimum absolute atomic E-state index is 0.225. The lowest BCUT2D eigenvalue weighted by atomic mass is 9.74. The quantitative estimate of drug-likeness (QED) is 0.544. The van der Waals surface area contributed by atoms with Crippen molar-refractivity contribution >= 4 is 17.0 Å². The third-order valence-electron chi connectivity index (χ3n) is 4.97. The zero-order valence-corrected chi connectivity index (χ0v) is 14.1. The number of rotatable bonds is 3. The number of aryl methyl sites for hydroxylation is 1. The van der Waals surface area contributed by atoms with E-state index in [2.05, 4.69) is 4.98 Å². The van der Waals surface area contributed by atoms with E-state index in [1.54, 1.807) is 6.33 Å². The summed E-state index contributed by atoms with van der Waals surface area (Å²) >= 11 is 0. The highest BCUT2D eigenvalue weighted by Gasteiger charge is 2.43. The molecule has 2 aromatic carbocycles. The Morgan fingerprint density at radius 1 is 1.16 bits per heavy atom. The van der Waals surface area contributed by atoms with E-state index in [1.807, 2.05) is 60.1 Å². The topological polar surface area (TPSA) is 53.4 Å². The Labute approximate surface area is 146 Å². The second kappa shape index (κ2) is 6.33. The van der Waals surface area contributed by atoms with E-state index < -0.39 is 5.41 Å². The number of hydrogen-bond donors (Lipinski definition) is 0. The Morgan fingerprint density at radius 3 is 2.68 bits per heavy atom. The number of esters is 1. The monoisotopic (exact) mass is 336 g/mol. The molecular formula is C20H20N2O3. The molecule has 0 spiro atoms. The van der Waals surface area contributed by atoms with Crippen LogP contribution in [0.25, 0.3) is 11.0 Å². The van der Waals surface area contributed by atoms with E-state index in [1.165, 1.54) is 0 Å². The molecular weight excluding hydrogens is 316 g/mol. The second-order valence-electron chi connectivity index (χ2n) is 6.46. The van der Waals surface area contributed by atoms with Gasteiger partial charge in [-0.2, -0.15) is 0 Å². The third kappa shape index (κ3) is 2.81. The predicted molar refractivity (Wildman–Crippen MR) is 94.5 cm³/mol. The number of imidazole rings is 1. The van der Waals surface area contributed by atoms with Crippen LogP contribution in [-0.2, 0) is 22.0 Å².